The lowest BCUT2D eigenvalue weighted by atomic mass is 9.98. The van der Waals surface area contributed by atoms with Gasteiger partial charge in [0.15, 0.2) is 0 Å². The number of furan rings is 1. The third-order valence-corrected chi connectivity index (χ3v) is 5.24. The van der Waals surface area contributed by atoms with E-state index in [1.54, 1.807) is 17.9 Å². The van der Waals surface area contributed by atoms with Gasteiger partial charge in [-0.2, -0.15) is 0 Å². The van der Waals surface area contributed by atoms with E-state index in [1.807, 2.05) is 30.3 Å². The first-order valence-electron chi connectivity index (χ1n) is 9.87. The van der Waals surface area contributed by atoms with Gasteiger partial charge in [-0.05, 0) is 31.9 Å². The van der Waals surface area contributed by atoms with Crippen molar-refractivity contribution in [2.45, 2.75) is 26.2 Å². The summed E-state index contributed by atoms with van der Waals surface area (Å²) >= 11 is 0. The molecule has 0 spiro atoms. The number of hydrogen-bond acceptors (Lipinski definition) is 5. The number of benzene rings is 2. The Morgan fingerprint density at radius 2 is 1.83 bits per heavy atom. The molecule has 0 bridgehead atoms. The maximum atomic E-state index is 12.9. The van der Waals surface area contributed by atoms with Crippen molar-refractivity contribution in [3.8, 4) is 17.1 Å². The molecule has 6 nitrogen and oxygen atoms in total. The average molecular weight is 393 g/mol. The van der Waals surface area contributed by atoms with E-state index in [0.29, 0.717) is 22.3 Å². The predicted octanol–water partition coefficient (Wildman–Crippen LogP) is 4.15. The highest BCUT2D eigenvalue weighted by Crippen LogP contribution is 2.39. The number of ether oxygens (including phenoxy) is 1. The number of fused-ring (bicyclic) bond motifs is 1. The first-order chi connectivity index (χ1) is 14.1. The Balaban J connectivity index is 1.89. The molecule has 2 heterocycles. The first-order valence-corrected chi connectivity index (χ1v) is 9.87. The number of amides is 1. The second-order valence-electron chi connectivity index (χ2n) is 7.09. The summed E-state index contributed by atoms with van der Waals surface area (Å²) in [6.07, 6.45) is 1.98. The Labute approximate surface area is 168 Å². The molecular formula is C23H23NO5. The van der Waals surface area contributed by atoms with E-state index in [1.165, 1.54) is 6.07 Å². The molecule has 29 heavy (non-hydrogen) atoms. The van der Waals surface area contributed by atoms with Crippen LogP contribution >= 0.6 is 0 Å². The minimum Gasteiger partial charge on any atom is -0.508 e. The normalized spacial score (nSPS) is 13.8. The number of nitrogens with zero attached hydrogens (tertiary/aromatic N) is 1. The molecule has 0 saturated carbocycles. The minimum atomic E-state index is -0.537. The standard InChI is InChI=1S/C23H23NO5/c1-2-28-23(27)21-20-16(14-19(26)24-12-6-7-13-24)17(25)10-11-18(20)29-22(21)15-8-4-3-5-9-15/h3-5,8-11,25H,2,6-7,12-14H2,1H3. The van der Waals surface area contributed by atoms with E-state index in [0.717, 1.165) is 31.5 Å². The third-order valence-electron chi connectivity index (χ3n) is 5.24. The minimum absolute atomic E-state index is 0.00331. The van der Waals surface area contributed by atoms with Crippen LogP contribution in [0.15, 0.2) is 46.9 Å². The Morgan fingerprint density at radius 1 is 1.10 bits per heavy atom. The molecule has 0 aliphatic carbocycles. The lowest BCUT2D eigenvalue weighted by Crippen LogP contribution is -2.29. The van der Waals surface area contributed by atoms with Crippen LogP contribution in [-0.4, -0.2) is 41.6 Å². The predicted molar refractivity (Wildman–Crippen MR) is 109 cm³/mol. The molecule has 0 atom stereocenters. The van der Waals surface area contributed by atoms with Crippen molar-refractivity contribution < 1.29 is 23.8 Å². The zero-order chi connectivity index (χ0) is 20.4. The van der Waals surface area contributed by atoms with Gasteiger partial charge in [0, 0.05) is 29.6 Å². The summed E-state index contributed by atoms with van der Waals surface area (Å²) in [5.74, 6) is -0.260. The molecule has 150 valence electrons. The molecule has 1 saturated heterocycles. The number of carbonyl (C=O) groups excluding carboxylic acids is 2. The van der Waals surface area contributed by atoms with Crippen LogP contribution in [0.3, 0.4) is 0 Å². The summed E-state index contributed by atoms with van der Waals surface area (Å²) in [5, 5.41) is 11.0. The number of phenolic OH excluding ortho intramolecular Hbond substituents is 1. The summed E-state index contributed by atoms with van der Waals surface area (Å²) in [7, 11) is 0. The van der Waals surface area contributed by atoms with E-state index in [2.05, 4.69) is 0 Å². The average Bonchev–Trinajstić information content (AvgIpc) is 3.39. The van der Waals surface area contributed by atoms with Crippen molar-refractivity contribution in [3.05, 3.63) is 53.6 Å². The SMILES string of the molecule is CCOC(=O)c1c(-c2ccccc2)oc2ccc(O)c(CC(=O)N3CCCC3)c12. The quantitative estimate of drug-likeness (QED) is 0.659. The van der Waals surface area contributed by atoms with E-state index < -0.39 is 5.97 Å². The molecule has 0 unspecified atom stereocenters. The fourth-order valence-corrected chi connectivity index (χ4v) is 3.85. The summed E-state index contributed by atoms with van der Waals surface area (Å²) in [5.41, 5.74) is 1.80. The van der Waals surface area contributed by atoms with E-state index in [-0.39, 0.29) is 30.2 Å². The van der Waals surface area contributed by atoms with Crippen molar-refractivity contribution in [2.75, 3.05) is 19.7 Å². The van der Waals surface area contributed by atoms with Gasteiger partial charge in [-0.15, -0.1) is 0 Å². The highest BCUT2D eigenvalue weighted by atomic mass is 16.5. The summed E-state index contributed by atoms with van der Waals surface area (Å²) in [6.45, 7) is 3.39. The molecule has 1 amide bonds. The molecule has 1 aliphatic heterocycles. The van der Waals surface area contributed by atoms with Crippen molar-refractivity contribution in [1.29, 1.82) is 0 Å². The molecule has 0 radical (unpaired) electrons. The van der Waals surface area contributed by atoms with Crippen LogP contribution < -0.4 is 0 Å². The number of rotatable bonds is 5. The number of aromatic hydroxyl groups is 1. The topological polar surface area (TPSA) is 80.0 Å². The van der Waals surface area contributed by atoms with Crippen LogP contribution in [0.2, 0.25) is 0 Å². The maximum absolute atomic E-state index is 12.9. The molecular weight excluding hydrogens is 370 g/mol. The fraction of sp³-hybridized carbons (Fsp3) is 0.304. The summed E-state index contributed by atoms with van der Waals surface area (Å²) in [6, 6.07) is 12.4. The van der Waals surface area contributed by atoms with Gasteiger partial charge in [-0.3, -0.25) is 4.79 Å². The molecule has 6 heteroatoms. The van der Waals surface area contributed by atoms with Crippen molar-refractivity contribution >= 4 is 22.8 Å². The van der Waals surface area contributed by atoms with Gasteiger partial charge in [-0.1, -0.05) is 30.3 Å². The zero-order valence-corrected chi connectivity index (χ0v) is 16.3. The number of esters is 1. The van der Waals surface area contributed by atoms with E-state index in [9.17, 15) is 14.7 Å². The number of phenols is 1. The van der Waals surface area contributed by atoms with Gasteiger partial charge in [0.1, 0.15) is 22.7 Å². The molecule has 2 aromatic carbocycles. The van der Waals surface area contributed by atoms with Crippen LogP contribution in [-0.2, 0) is 16.0 Å². The van der Waals surface area contributed by atoms with Gasteiger partial charge in [-0.25, -0.2) is 4.79 Å². The van der Waals surface area contributed by atoms with Gasteiger partial charge < -0.3 is 19.2 Å². The Hall–Kier alpha value is -3.28. The molecule has 1 fully saturated rings. The second kappa shape index (κ2) is 7.99. The third kappa shape index (κ3) is 3.58. The van der Waals surface area contributed by atoms with Gasteiger partial charge >= 0.3 is 5.97 Å². The van der Waals surface area contributed by atoms with Crippen molar-refractivity contribution in [3.63, 3.8) is 0 Å². The molecule has 4 rings (SSSR count). The number of carbonyl (C=O) groups is 2. The lowest BCUT2D eigenvalue weighted by molar-refractivity contribution is -0.129. The van der Waals surface area contributed by atoms with E-state index in [4.69, 9.17) is 9.15 Å². The Kier molecular flexibility index (Phi) is 5.25. The molecule has 1 aliphatic rings. The monoisotopic (exact) mass is 393 g/mol. The van der Waals surface area contributed by atoms with Crippen molar-refractivity contribution in [2.24, 2.45) is 0 Å². The Bertz CT molecular complexity index is 1050. The first kappa shape index (κ1) is 19.1. The van der Waals surface area contributed by atoms with Crippen LogP contribution in [0.4, 0.5) is 0 Å². The second-order valence-corrected chi connectivity index (χ2v) is 7.09. The van der Waals surface area contributed by atoms with Crippen molar-refractivity contribution in [1.82, 2.24) is 4.90 Å². The summed E-state index contributed by atoms with van der Waals surface area (Å²) < 4.78 is 11.3. The Morgan fingerprint density at radius 3 is 2.52 bits per heavy atom. The molecule has 1 aromatic heterocycles. The van der Waals surface area contributed by atoms with Crippen LogP contribution in [0.25, 0.3) is 22.3 Å². The zero-order valence-electron chi connectivity index (χ0n) is 16.3. The lowest BCUT2D eigenvalue weighted by Gasteiger charge is -2.16. The van der Waals surface area contributed by atoms with Crippen LogP contribution in [0.5, 0.6) is 5.75 Å². The van der Waals surface area contributed by atoms with E-state index >= 15 is 0 Å². The fourth-order valence-electron chi connectivity index (χ4n) is 3.85. The van der Waals surface area contributed by atoms with Crippen LogP contribution in [0, 0.1) is 0 Å². The summed E-state index contributed by atoms with van der Waals surface area (Å²) in [4.78, 5) is 27.4. The highest BCUT2D eigenvalue weighted by Gasteiger charge is 2.28. The van der Waals surface area contributed by atoms with Gasteiger partial charge in [0.25, 0.3) is 0 Å². The number of hydrogen-bond donors (Lipinski definition) is 1. The number of likely N-dealkylation sites (tertiary alicyclic amines) is 1. The maximum Gasteiger partial charge on any atom is 0.342 e. The largest absolute Gasteiger partial charge is 0.508 e. The highest BCUT2D eigenvalue weighted by molar-refractivity contribution is 6.11. The molecule has 1 N–H and O–H groups in total. The smallest absolute Gasteiger partial charge is 0.342 e. The molecule has 3 aromatic rings. The van der Waals surface area contributed by atoms with Crippen LogP contribution in [0.1, 0.15) is 35.7 Å². The van der Waals surface area contributed by atoms with Gasteiger partial charge in [0.2, 0.25) is 5.91 Å². The van der Waals surface area contributed by atoms with Gasteiger partial charge in [0.05, 0.1) is 13.0 Å².